The van der Waals surface area contributed by atoms with Crippen LogP contribution in [0.1, 0.15) is 65.7 Å². The average molecular weight is 367 g/mol. The fourth-order valence-corrected chi connectivity index (χ4v) is 7.42. The molecule has 0 bridgehead atoms. The van der Waals surface area contributed by atoms with Crippen LogP contribution in [0, 0.1) is 29.1 Å². The topological polar surface area (TPSA) is 35.5 Å². The van der Waals surface area contributed by atoms with Crippen LogP contribution in [0.15, 0.2) is 0 Å². The van der Waals surface area contributed by atoms with Crippen molar-refractivity contribution in [1.29, 1.82) is 0 Å². The normalized spacial score (nSPS) is 43.0. The van der Waals surface area contributed by atoms with Crippen LogP contribution in [0.3, 0.4) is 0 Å². The van der Waals surface area contributed by atoms with Crippen molar-refractivity contribution in [2.45, 2.75) is 97.6 Å². The smallest absolute Gasteiger partial charge is 0.309 e. The zero-order valence-electron chi connectivity index (χ0n) is 17.1. The van der Waals surface area contributed by atoms with Gasteiger partial charge < -0.3 is 9.16 Å². The zero-order valence-corrected chi connectivity index (χ0v) is 18.1. The van der Waals surface area contributed by atoms with E-state index in [0.29, 0.717) is 17.4 Å². The Balaban J connectivity index is 1.66. The third kappa shape index (κ3) is 4.00. The van der Waals surface area contributed by atoms with E-state index in [4.69, 9.17) is 9.16 Å². The molecule has 0 aromatic rings. The first-order valence-corrected chi connectivity index (χ1v) is 13.9. The number of cyclic esters (lactones) is 1. The van der Waals surface area contributed by atoms with Gasteiger partial charge in [0, 0.05) is 6.10 Å². The number of esters is 1. The molecule has 2 aliphatic carbocycles. The molecule has 144 valence electrons. The second kappa shape index (κ2) is 6.99. The Kier molecular flexibility index (Phi) is 5.43. The van der Waals surface area contributed by atoms with Gasteiger partial charge in [-0.3, -0.25) is 4.79 Å². The number of hydrogen-bond acceptors (Lipinski definition) is 3. The molecule has 0 aromatic carbocycles. The van der Waals surface area contributed by atoms with Crippen LogP contribution >= 0.6 is 0 Å². The molecule has 1 aliphatic heterocycles. The fraction of sp³-hybridized carbons (Fsp3) is 0.952. The van der Waals surface area contributed by atoms with Gasteiger partial charge in [0.25, 0.3) is 0 Å². The van der Waals surface area contributed by atoms with Crippen molar-refractivity contribution in [1.82, 2.24) is 0 Å². The van der Waals surface area contributed by atoms with Crippen molar-refractivity contribution in [3.05, 3.63) is 0 Å². The Labute approximate surface area is 155 Å². The molecule has 0 spiro atoms. The maximum atomic E-state index is 11.7. The van der Waals surface area contributed by atoms with E-state index < -0.39 is 8.32 Å². The van der Waals surface area contributed by atoms with Crippen molar-refractivity contribution in [2.24, 2.45) is 29.1 Å². The summed E-state index contributed by atoms with van der Waals surface area (Å²) in [5.41, 5.74) is 0.413. The second-order valence-electron chi connectivity index (χ2n) is 10.4. The van der Waals surface area contributed by atoms with Crippen LogP contribution < -0.4 is 0 Å². The lowest BCUT2D eigenvalue weighted by Gasteiger charge is -2.48. The van der Waals surface area contributed by atoms with E-state index in [1.807, 2.05) is 6.92 Å². The largest absolute Gasteiger partial charge is 0.462 e. The lowest BCUT2D eigenvalue weighted by atomic mass is 9.61. The van der Waals surface area contributed by atoms with Gasteiger partial charge in [0.1, 0.15) is 6.10 Å². The van der Waals surface area contributed by atoms with Gasteiger partial charge in [-0.15, -0.1) is 0 Å². The molecule has 2 unspecified atom stereocenters. The minimum absolute atomic E-state index is 0.00831. The number of hydrogen-bond donors (Lipinski definition) is 0. The van der Waals surface area contributed by atoms with Gasteiger partial charge in [-0.2, -0.15) is 0 Å². The van der Waals surface area contributed by atoms with Gasteiger partial charge in [-0.25, -0.2) is 0 Å². The van der Waals surface area contributed by atoms with E-state index in [0.717, 1.165) is 24.7 Å². The van der Waals surface area contributed by atoms with Crippen LogP contribution in [0.25, 0.3) is 0 Å². The summed E-state index contributed by atoms with van der Waals surface area (Å²) in [6.45, 7) is 13.9. The molecule has 3 rings (SSSR count). The Hall–Kier alpha value is -0.353. The molecule has 3 fully saturated rings. The van der Waals surface area contributed by atoms with Crippen molar-refractivity contribution in [3.63, 3.8) is 0 Å². The molecular weight excluding hydrogens is 328 g/mol. The Morgan fingerprint density at radius 2 is 2.00 bits per heavy atom. The Morgan fingerprint density at radius 1 is 1.28 bits per heavy atom. The molecule has 3 aliphatic rings. The van der Waals surface area contributed by atoms with Crippen molar-refractivity contribution in [3.8, 4) is 0 Å². The van der Waals surface area contributed by atoms with E-state index in [-0.39, 0.29) is 18.0 Å². The first-order chi connectivity index (χ1) is 11.6. The van der Waals surface area contributed by atoms with Crippen LogP contribution in [0.4, 0.5) is 0 Å². The number of carbonyl (C=O) groups excluding carboxylic acids is 1. The molecule has 0 aromatic heterocycles. The third-order valence-electron chi connectivity index (χ3n) is 7.26. The molecule has 3 nitrogen and oxygen atoms in total. The summed E-state index contributed by atoms with van der Waals surface area (Å²) in [5.74, 6) is 2.21. The summed E-state index contributed by atoms with van der Waals surface area (Å²) in [5, 5.41) is 0. The lowest BCUT2D eigenvalue weighted by Crippen LogP contribution is -2.46. The molecular formula is C21H38O3Si. The van der Waals surface area contributed by atoms with Crippen LogP contribution in [-0.2, 0) is 14.0 Å². The highest BCUT2D eigenvalue weighted by Crippen LogP contribution is 2.59. The van der Waals surface area contributed by atoms with E-state index >= 15 is 0 Å². The van der Waals surface area contributed by atoms with Gasteiger partial charge in [-0.1, -0.05) is 27.2 Å². The standard InChI is InChI=1S/C21H38O3Si/c1-14(12-16-13-15(2)20(22)23-16)17-9-10-18-19(24-25(4,5)6)8-7-11-21(17,18)3/h14-19H,7-13H2,1-6H3/t14-,15+,16+,17-,18?,19?,21-/m1/s1. The maximum absolute atomic E-state index is 11.7. The zero-order chi connectivity index (χ0) is 18.4. The first-order valence-electron chi connectivity index (χ1n) is 10.5. The highest BCUT2D eigenvalue weighted by molar-refractivity contribution is 6.69. The first kappa shape index (κ1) is 19.4. The third-order valence-corrected chi connectivity index (χ3v) is 8.27. The molecule has 25 heavy (non-hydrogen) atoms. The van der Waals surface area contributed by atoms with Gasteiger partial charge in [0.2, 0.25) is 0 Å². The highest BCUT2D eigenvalue weighted by Gasteiger charge is 2.53. The van der Waals surface area contributed by atoms with Crippen molar-refractivity contribution >= 4 is 14.3 Å². The van der Waals surface area contributed by atoms with E-state index in [1.54, 1.807) is 0 Å². The summed E-state index contributed by atoms with van der Waals surface area (Å²) >= 11 is 0. The minimum atomic E-state index is -1.49. The quantitative estimate of drug-likeness (QED) is 0.483. The average Bonchev–Trinajstić information content (AvgIpc) is 2.98. The molecule has 7 atom stereocenters. The van der Waals surface area contributed by atoms with Gasteiger partial charge >= 0.3 is 5.97 Å². The van der Waals surface area contributed by atoms with Gasteiger partial charge in [0.15, 0.2) is 8.32 Å². The Bertz CT molecular complexity index is 500. The lowest BCUT2D eigenvalue weighted by molar-refractivity contribution is -0.144. The summed E-state index contributed by atoms with van der Waals surface area (Å²) in [6, 6.07) is 0. The molecule has 2 saturated carbocycles. The van der Waals surface area contributed by atoms with Crippen molar-refractivity contribution < 1.29 is 14.0 Å². The molecule has 0 radical (unpaired) electrons. The molecule has 0 N–H and O–H groups in total. The van der Waals surface area contributed by atoms with Gasteiger partial charge in [0.05, 0.1) is 5.92 Å². The van der Waals surface area contributed by atoms with Crippen LogP contribution in [0.2, 0.25) is 19.6 Å². The molecule has 0 amide bonds. The predicted molar refractivity (Wildman–Crippen MR) is 104 cm³/mol. The van der Waals surface area contributed by atoms with E-state index in [9.17, 15) is 4.79 Å². The second-order valence-corrected chi connectivity index (χ2v) is 14.8. The fourth-order valence-electron chi connectivity index (χ4n) is 6.23. The number of fused-ring (bicyclic) bond motifs is 1. The minimum Gasteiger partial charge on any atom is -0.462 e. The summed E-state index contributed by atoms with van der Waals surface area (Å²) in [6.07, 6.45) is 9.14. The molecule has 1 heterocycles. The molecule has 4 heteroatoms. The summed E-state index contributed by atoms with van der Waals surface area (Å²) < 4.78 is 12.2. The highest BCUT2D eigenvalue weighted by atomic mass is 28.4. The number of ether oxygens (including phenoxy) is 1. The Morgan fingerprint density at radius 3 is 2.60 bits per heavy atom. The van der Waals surface area contributed by atoms with Gasteiger partial charge in [-0.05, 0) is 81.3 Å². The predicted octanol–water partition coefficient (Wildman–Crippen LogP) is 5.40. The van der Waals surface area contributed by atoms with Crippen molar-refractivity contribution in [2.75, 3.05) is 0 Å². The van der Waals surface area contributed by atoms with Crippen LogP contribution in [-0.4, -0.2) is 26.5 Å². The number of carbonyl (C=O) groups is 1. The monoisotopic (exact) mass is 366 g/mol. The SMILES string of the molecule is C[C@H](C[C@H]1C[C@H](C)C(=O)O1)[C@H]1CCC2C(O[Si](C)(C)C)CCC[C@@]21C. The summed E-state index contributed by atoms with van der Waals surface area (Å²) in [7, 11) is -1.49. The molecule has 1 saturated heterocycles. The maximum Gasteiger partial charge on any atom is 0.309 e. The van der Waals surface area contributed by atoms with E-state index in [2.05, 4.69) is 33.5 Å². The van der Waals surface area contributed by atoms with E-state index in [1.165, 1.54) is 32.1 Å². The number of rotatable bonds is 5. The summed E-state index contributed by atoms with van der Waals surface area (Å²) in [4.78, 5) is 11.7. The van der Waals surface area contributed by atoms with Crippen LogP contribution in [0.5, 0.6) is 0 Å².